The van der Waals surface area contributed by atoms with Gasteiger partial charge in [0.25, 0.3) is 0 Å². The number of aryl methyl sites for hydroxylation is 1. The molecular weight excluding hydrogens is 429 g/mol. The van der Waals surface area contributed by atoms with E-state index < -0.39 is 11.7 Å². The molecule has 0 atom stereocenters. The summed E-state index contributed by atoms with van der Waals surface area (Å²) in [5.41, 5.74) is 3.49. The van der Waals surface area contributed by atoms with Crippen LogP contribution in [0.15, 0.2) is 36.0 Å². The Bertz CT molecular complexity index is 1040. The summed E-state index contributed by atoms with van der Waals surface area (Å²) in [4.78, 5) is 18.1. The van der Waals surface area contributed by atoms with Crippen LogP contribution in [-0.2, 0) is 23.8 Å². The van der Waals surface area contributed by atoms with Gasteiger partial charge in [0.05, 0.1) is 17.9 Å². The first-order chi connectivity index (χ1) is 14.8. The lowest BCUT2D eigenvalue weighted by Gasteiger charge is -2.29. The summed E-state index contributed by atoms with van der Waals surface area (Å²) in [7, 11) is 0. The van der Waals surface area contributed by atoms with Crippen LogP contribution in [0.1, 0.15) is 47.7 Å². The highest BCUT2D eigenvalue weighted by atomic mass is 35.5. The number of hydrogen-bond donors (Lipinski definition) is 0. The van der Waals surface area contributed by atoms with Gasteiger partial charge in [-0.2, -0.15) is 13.2 Å². The number of amides is 1. The van der Waals surface area contributed by atoms with Crippen LogP contribution in [0.3, 0.4) is 0 Å². The van der Waals surface area contributed by atoms with E-state index in [1.807, 2.05) is 12.1 Å². The molecule has 0 bridgehead atoms. The van der Waals surface area contributed by atoms with Crippen molar-refractivity contribution < 1.29 is 22.7 Å². The number of alkyl halides is 3. The minimum atomic E-state index is -4.45. The van der Waals surface area contributed by atoms with E-state index in [1.54, 1.807) is 17.9 Å². The fourth-order valence-corrected chi connectivity index (χ4v) is 4.60. The van der Waals surface area contributed by atoms with E-state index in [9.17, 15) is 18.0 Å². The Labute approximate surface area is 183 Å². The van der Waals surface area contributed by atoms with Crippen molar-refractivity contribution in [3.63, 3.8) is 0 Å². The van der Waals surface area contributed by atoms with Crippen LogP contribution in [0.5, 0.6) is 0 Å². The largest absolute Gasteiger partial charge is 0.450 e. The molecule has 4 nitrogen and oxygen atoms in total. The third kappa shape index (κ3) is 4.28. The molecule has 2 aliphatic rings. The summed E-state index contributed by atoms with van der Waals surface area (Å²) in [5.74, 6) is 0. The first-order valence-corrected chi connectivity index (χ1v) is 10.7. The minimum absolute atomic E-state index is 0.220. The molecule has 1 fully saturated rings. The van der Waals surface area contributed by atoms with Crippen molar-refractivity contribution in [3.8, 4) is 0 Å². The van der Waals surface area contributed by atoms with Crippen LogP contribution in [0, 0.1) is 0 Å². The summed E-state index contributed by atoms with van der Waals surface area (Å²) in [6, 6.07) is 6.50. The highest BCUT2D eigenvalue weighted by molar-refractivity contribution is 6.30. The third-order valence-electron chi connectivity index (χ3n) is 5.83. The van der Waals surface area contributed by atoms with Gasteiger partial charge in [-0.05, 0) is 67.5 Å². The van der Waals surface area contributed by atoms with Gasteiger partial charge in [0.2, 0.25) is 0 Å². The molecule has 2 heterocycles. The van der Waals surface area contributed by atoms with Gasteiger partial charge < -0.3 is 9.64 Å². The fourth-order valence-electron chi connectivity index (χ4n) is 4.41. The van der Waals surface area contributed by atoms with Crippen LogP contribution in [-0.4, -0.2) is 35.7 Å². The van der Waals surface area contributed by atoms with Gasteiger partial charge in [-0.3, -0.25) is 4.98 Å². The van der Waals surface area contributed by atoms with Crippen LogP contribution < -0.4 is 0 Å². The number of aromatic nitrogens is 1. The zero-order chi connectivity index (χ0) is 22.2. The number of carbonyl (C=O) groups excluding carboxylic acids is 1. The van der Waals surface area contributed by atoms with Gasteiger partial charge in [0.1, 0.15) is 0 Å². The number of fused-ring (bicyclic) bond motifs is 2. The number of pyridine rings is 1. The Morgan fingerprint density at radius 1 is 1.16 bits per heavy atom. The number of carbonyl (C=O) groups is 1. The standard InChI is InChI=1S/C23H22ClF3N2O2/c1-2-31-22(30)29-11-8-14(9-12-29)20-17-6-4-16(24)13-15(17)3-5-18-19(23(25,26)27)7-10-28-21(18)20/h4,6-7,10,13H,2-3,5,8-9,11-12H2,1H3. The first-order valence-electron chi connectivity index (χ1n) is 10.3. The lowest BCUT2D eigenvalue weighted by molar-refractivity contribution is -0.138. The van der Waals surface area contributed by atoms with Gasteiger partial charge in [-0.25, -0.2) is 4.79 Å². The topological polar surface area (TPSA) is 42.4 Å². The molecule has 1 aliphatic carbocycles. The van der Waals surface area contributed by atoms with Crippen molar-refractivity contribution >= 4 is 23.3 Å². The second-order valence-corrected chi connectivity index (χ2v) is 8.09. The number of halogens is 4. The Hall–Kier alpha value is -2.54. The monoisotopic (exact) mass is 450 g/mol. The fraction of sp³-hybridized carbons (Fsp3) is 0.391. The lowest BCUT2D eigenvalue weighted by Crippen LogP contribution is -2.37. The Morgan fingerprint density at radius 2 is 1.90 bits per heavy atom. The average Bonchev–Trinajstić information content (AvgIpc) is 2.89. The number of rotatable bonds is 1. The molecular formula is C23H22ClF3N2O2. The van der Waals surface area contributed by atoms with E-state index in [1.165, 1.54) is 6.20 Å². The van der Waals surface area contributed by atoms with Crippen LogP contribution in [0.4, 0.5) is 18.0 Å². The van der Waals surface area contributed by atoms with Crippen LogP contribution >= 0.6 is 11.6 Å². The maximum absolute atomic E-state index is 13.8. The minimum Gasteiger partial charge on any atom is -0.450 e. The summed E-state index contributed by atoms with van der Waals surface area (Å²) in [5, 5.41) is 0.551. The summed E-state index contributed by atoms with van der Waals surface area (Å²) in [6.07, 6.45) is -1.81. The van der Waals surface area contributed by atoms with Crippen LogP contribution in [0.2, 0.25) is 5.02 Å². The zero-order valence-corrected chi connectivity index (χ0v) is 17.8. The van der Waals surface area contributed by atoms with E-state index in [0.29, 0.717) is 49.7 Å². The molecule has 0 radical (unpaired) electrons. The van der Waals surface area contributed by atoms with Crippen molar-refractivity contribution in [2.45, 2.75) is 38.8 Å². The Kier molecular flexibility index (Phi) is 5.97. The Morgan fingerprint density at radius 3 is 2.58 bits per heavy atom. The quantitative estimate of drug-likeness (QED) is 0.542. The molecule has 4 rings (SSSR count). The zero-order valence-electron chi connectivity index (χ0n) is 17.1. The molecule has 2 aromatic rings. The molecule has 0 N–H and O–H groups in total. The third-order valence-corrected chi connectivity index (χ3v) is 6.06. The van der Waals surface area contributed by atoms with Crippen LogP contribution in [0.25, 0.3) is 5.57 Å². The van der Waals surface area contributed by atoms with E-state index >= 15 is 0 Å². The Balaban J connectivity index is 1.84. The second-order valence-electron chi connectivity index (χ2n) is 7.65. The molecule has 8 heteroatoms. The average molecular weight is 451 g/mol. The highest BCUT2D eigenvalue weighted by Gasteiger charge is 2.36. The number of ether oxygens (including phenoxy) is 1. The molecule has 0 unspecified atom stereocenters. The maximum atomic E-state index is 13.8. The van der Waals surface area contributed by atoms with E-state index in [4.69, 9.17) is 16.3 Å². The predicted octanol–water partition coefficient (Wildman–Crippen LogP) is 5.91. The first kappa shape index (κ1) is 21.7. The molecule has 1 saturated heterocycles. The van der Waals surface area contributed by atoms with Gasteiger partial charge in [-0.15, -0.1) is 0 Å². The van der Waals surface area contributed by atoms with Gasteiger partial charge in [0.15, 0.2) is 0 Å². The highest BCUT2D eigenvalue weighted by Crippen LogP contribution is 2.42. The number of hydrogen-bond acceptors (Lipinski definition) is 3. The van der Waals surface area contributed by atoms with E-state index in [0.717, 1.165) is 28.3 Å². The molecule has 1 amide bonds. The molecule has 1 aliphatic heterocycles. The summed E-state index contributed by atoms with van der Waals surface area (Å²) < 4.78 is 46.4. The SMILES string of the molecule is CCOC(=O)N1CCC(=C2c3ccc(Cl)cc3CCc3c(C(F)(F)F)ccnc32)CC1. The summed E-state index contributed by atoms with van der Waals surface area (Å²) in [6.45, 7) is 2.96. The van der Waals surface area contributed by atoms with Gasteiger partial charge >= 0.3 is 12.3 Å². The predicted molar refractivity (Wildman–Crippen MR) is 112 cm³/mol. The van der Waals surface area contributed by atoms with Gasteiger partial charge in [0, 0.05) is 29.9 Å². The smallest absolute Gasteiger partial charge is 0.416 e. The van der Waals surface area contributed by atoms with Crippen molar-refractivity contribution in [1.29, 1.82) is 0 Å². The lowest BCUT2D eigenvalue weighted by atomic mass is 9.88. The molecule has 31 heavy (non-hydrogen) atoms. The number of benzene rings is 1. The molecule has 0 saturated carbocycles. The molecule has 0 spiro atoms. The molecule has 1 aromatic carbocycles. The van der Waals surface area contributed by atoms with E-state index in [2.05, 4.69) is 4.98 Å². The van der Waals surface area contributed by atoms with Crippen molar-refractivity contribution in [2.75, 3.05) is 19.7 Å². The number of likely N-dealkylation sites (tertiary alicyclic amines) is 1. The molecule has 1 aromatic heterocycles. The maximum Gasteiger partial charge on any atom is 0.416 e. The van der Waals surface area contributed by atoms with Gasteiger partial charge in [-0.1, -0.05) is 23.2 Å². The normalized spacial score (nSPS) is 16.5. The number of nitrogens with zero attached hydrogens (tertiary/aromatic N) is 2. The van der Waals surface area contributed by atoms with Crippen molar-refractivity contribution in [1.82, 2.24) is 9.88 Å². The van der Waals surface area contributed by atoms with Crippen molar-refractivity contribution in [2.24, 2.45) is 0 Å². The summed E-state index contributed by atoms with van der Waals surface area (Å²) >= 11 is 6.19. The second kappa shape index (κ2) is 8.54. The number of piperidine rings is 1. The van der Waals surface area contributed by atoms with E-state index in [-0.39, 0.29) is 18.1 Å². The molecule has 164 valence electrons. The van der Waals surface area contributed by atoms with Crippen molar-refractivity contribution in [3.05, 3.63) is 69.0 Å².